The highest BCUT2D eigenvalue weighted by atomic mass is 16.6. The van der Waals surface area contributed by atoms with Crippen LogP contribution in [0.2, 0.25) is 0 Å². The van der Waals surface area contributed by atoms with Crippen LogP contribution in [0.1, 0.15) is 26.3 Å². The molecular weight excluding hydrogens is 404 g/mol. The molecule has 6 nitrogen and oxygen atoms in total. The number of hydrogen-bond donors (Lipinski definition) is 1. The first kappa shape index (κ1) is 20.8. The molecule has 0 bridgehead atoms. The van der Waals surface area contributed by atoms with E-state index in [-0.39, 0.29) is 11.7 Å². The number of carbonyl (C=O) groups is 2. The summed E-state index contributed by atoms with van der Waals surface area (Å²) in [6, 6.07) is 26.9. The molecule has 0 aliphatic heterocycles. The number of ether oxygens (including phenoxy) is 2. The van der Waals surface area contributed by atoms with Crippen molar-refractivity contribution in [1.82, 2.24) is 5.43 Å². The molecule has 1 amide bonds. The monoisotopic (exact) mass is 424 g/mol. The minimum Gasteiger partial charge on any atom is -0.493 e. The van der Waals surface area contributed by atoms with Gasteiger partial charge in [0.2, 0.25) is 0 Å². The molecule has 0 radical (unpaired) electrons. The second-order valence-corrected chi connectivity index (χ2v) is 6.89. The number of methoxy groups -OCH3 is 1. The van der Waals surface area contributed by atoms with E-state index in [1.54, 1.807) is 48.5 Å². The van der Waals surface area contributed by atoms with Crippen molar-refractivity contribution < 1.29 is 19.1 Å². The highest BCUT2D eigenvalue weighted by Gasteiger charge is 2.13. The number of hydrazone groups is 1. The first-order chi connectivity index (χ1) is 15.7. The molecule has 0 saturated carbocycles. The van der Waals surface area contributed by atoms with Crippen LogP contribution in [0.25, 0.3) is 10.8 Å². The molecule has 0 saturated heterocycles. The van der Waals surface area contributed by atoms with Crippen molar-refractivity contribution in [1.29, 1.82) is 0 Å². The Morgan fingerprint density at radius 3 is 2.41 bits per heavy atom. The third-order valence-corrected chi connectivity index (χ3v) is 4.81. The molecule has 4 aromatic carbocycles. The average molecular weight is 424 g/mol. The van der Waals surface area contributed by atoms with Gasteiger partial charge in [0.15, 0.2) is 11.5 Å². The van der Waals surface area contributed by atoms with E-state index in [9.17, 15) is 9.59 Å². The zero-order valence-corrected chi connectivity index (χ0v) is 17.3. The number of nitrogens with zero attached hydrogens (tertiary/aromatic N) is 1. The standard InChI is InChI=1S/C26H20N2O4/c1-31-23-15-14-18(16-24(23)32-26(30)20-9-3-2-4-10-20)17-27-28-25(29)22-13-7-11-19-8-5-6-12-21(19)22/h2-17H,1H3,(H,28,29)/b27-17-. The average Bonchev–Trinajstić information content (AvgIpc) is 2.84. The number of nitrogens with one attached hydrogen (secondary N) is 1. The fraction of sp³-hybridized carbons (Fsp3) is 0.0385. The van der Waals surface area contributed by atoms with E-state index in [0.717, 1.165) is 10.8 Å². The minimum absolute atomic E-state index is 0.255. The van der Waals surface area contributed by atoms with E-state index in [2.05, 4.69) is 10.5 Å². The molecule has 0 aliphatic carbocycles. The number of amides is 1. The van der Waals surface area contributed by atoms with Crippen molar-refractivity contribution in [2.75, 3.05) is 7.11 Å². The fourth-order valence-corrected chi connectivity index (χ4v) is 3.24. The maximum absolute atomic E-state index is 12.6. The lowest BCUT2D eigenvalue weighted by Crippen LogP contribution is -2.17. The van der Waals surface area contributed by atoms with Crippen molar-refractivity contribution in [3.8, 4) is 11.5 Å². The third-order valence-electron chi connectivity index (χ3n) is 4.81. The number of hydrogen-bond acceptors (Lipinski definition) is 5. The van der Waals surface area contributed by atoms with Gasteiger partial charge >= 0.3 is 5.97 Å². The van der Waals surface area contributed by atoms with Crippen molar-refractivity contribution in [2.24, 2.45) is 5.10 Å². The summed E-state index contributed by atoms with van der Waals surface area (Å²) in [7, 11) is 1.49. The fourth-order valence-electron chi connectivity index (χ4n) is 3.24. The van der Waals surface area contributed by atoms with Gasteiger partial charge < -0.3 is 9.47 Å². The SMILES string of the molecule is COc1ccc(/C=N\NC(=O)c2cccc3ccccc23)cc1OC(=O)c1ccccc1. The van der Waals surface area contributed by atoms with Crippen LogP contribution in [-0.4, -0.2) is 25.2 Å². The van der Waals surface area contributed by atoms with E-state index < -0.39 is 5.97 Å². The lowest BCUT2D eigenvalue weighted by atomic mass is 10.0. The van der Waals surface area contributed by atoms with Crippen LogP contribution in [0.3, 0.4) is 0 Å². The van der Waals surface area contributed by atoms with Gasteiger partial charge in [-0.25, -0.2) is 10.2 Å². The quantitative estimate of drug-likeness (QED) is 0.208. The van der Waals surface area contributed by atoms with E-state index in [4.69, 9.17) is 9.47 Å². The predicted molar refractivity (Wildman–Crippen MR) is 123 cm³/mol. The summed E-state index contributed by atoms with van der Waals surface area (Å²) in [5, 5.41) is 5.88. The summed E-state index contributed by atoms with van der Waals surface area (Å²) < 4.78 is 10.8. The van der Waals surface area contributed by atoms with Gasteiger partial charge in [-0.1, -0.05) is 54.6 Å². The Morgan fingerprint density at radius 1 is 0.844 bits per heavy atom. The summed E-state index contributed by atoms with van der Waals surface area (Å²) in [6.07, 6.45) is 1.47. The smallest absolute Gasteiger partial charge is 0.343 e. The normalized spacial score (nSPS) is 10.8. The van der Waals surface area contributed by atoms with Crippen molar-refractivity contribution in [3.63, 3.8) is 0 Å². The van der Waals surface area contributed by atoms with E-state index in [1.165, 1.54) is 13.3 Å². The summed E-state index contributed by atoms with van der Waals surface area (Å²) in [5.41, 5.74) is 4.13. The number of rotatable bonds is 6. The van der Waals surface area contributed by atoms with Crippen LogP contribution in [0.4, 0.5) is 0 Å². The molecule has 32 heavy (non-hydrogen) atoms. The molecular formula is C26H20N2O4. The van der Waals surface area contributed by atoms with Gasteiger partial charge in [-0.15, -0.1) is 0 Å². The Hall–Kier alpha value is -4.45. The molecule has 0 unspecified atom stereocenters. The Kier molecular flexibility index (Phi) is 6.22. The third kappa shape index (κ3) is 4.65. The number of carbonyl (C=O) groups excluding carboxylic acids is 2. The van der Waals surface area contributed by atoms with Crippen LogP contribution in [0.5, 0.6) is 11.5 Å². The Bertz CT molecular complexity index is 1290. The summed E-state index contributed by atoms with van der Waals surface area (Å²) in [4.78, 5) is 25.0. The largest absolute Gasteiger partial charge is 0.493 e. The second-order valence-electron chi connectivity index (χ2n) is 6.89. The van der Waals surface area contributed by atoms with Crippen LogP contribution in [-0.2, 0) is 0 Å². The molecule has 0 aliphatic rings. The van der Waals surface area contributed by atoms with Crippen molar-refractivity contribution in [3.05, 3.63) is 108 Å². The highest BCUT2D eigenvalue weighted by Crippen LogP contribution is 2.28. The molecule has 0 heterocycles. The molecule has 0 fully saturated rings. The van der Waals surface area contributed by atoms with Crippen LogP contribution < -0.4 is 14.9 Å². The van der Waals surface area contributed by atoms with Crippen LogP contribution in [0.15, 0.2) is 96.1 Å². The maximum Gasteiger partial charge on any atom is 0.343 e. The van der Waals surface area contributed by atoms with Gasteiger partial charge in [-0.05, 0) is 52.7 Å². The molecule has 0 aromatic heterocycles. The van der Waals surface area contributed by atoms with Crippen LogP contribution >= 0.6 is 0 Å². The Balaban J connectivity index is 1.49. The van der Waals surface area contributed by atoms with E-state index in [1.807, 2.05) is 42.5 Å². The zero-order valence-electron chi connectivity index (χ0n) is 17.3. The predicted octanol–water partition coefficient (Wildman–Crippen LogP) is 4.83. The number of fused-ring (bicyclic) bond motifs is 1. The van der Waals surface area contributed by atoms with Gasteiger partial charge in [0, 0.05) is 5.56 Å². The molecule has 158 valence electrons. The lowest BCUT2D eigenvalue weighted by molar-refractivity contribution is 0.0729. The number of esters is 1. The van der Waals surface area contributed by atoms with Crippen molar-refractivity contribution in [2.45, 2.75) is 0 Å². The zero-order chi connectivity index (χ0) is 22.3. The summed E-state index contributed by atoms with van der Waals surface area (Å²) in [6.45, 7) is 0. The molecule has 4 rings (SSSR count). The summed E-state index contributed by atoms with van der Waals surface area (Å²) in [5.74, 6) is -0.151. The first-order valence-corrected chi connectivity index (χ1v) is 9.92. The van der Waals surface area contributed by atoms with E-state index >= 15 is 0 Å². The Morgan fingerprint density at radius 2 is 1.59 bits per heavy atom. The first-order valence-electron chi connectivity index (χ1n) is 9.92. The highest BCUT2D eigenvalue weighted by molar-refractivity contribution is 6.07. The molecule has 6 heteroatoms. The Labute approximate surface area is 185 Å². The van der Waals surface area contributed by atoms with E-state index in [0.29, 0.717) is 22.4 Å². The second kappa shape index (κ2) is 9.57. The van der Waals surface area contributed by atoms with Crippen molar-refractivity contribution >= 4 is 28.9 Å². The minimum atomic E-state index is -0.498. The van der Waals surface area contributed by atoms with Gasteiger partial charge in [0.1, 0.15) is 0 Å². The maximum atomic E-state index is 12.6. The van der Waals surface area contributed by atoms with Crippen LogP contribution in [0, 0.1) is 0 Å². The number of benzene rings is 4. The van der Waals surface area contributed by atoms with Gasteiger partial charge in [-0.2, -0.15) is 5.10 Å². The molecule has 1 N–H and O–H groups in total. The lowest BCUT2D eigenvalue weighted by Gasteiger charge is -2.10. The van der Waals surface area contributed by atoms with Gasteiger partial charge in [-0.3, -0.25) is 4.79 Å². The molecule has 0 spiro atoms. The van der Waals surface area contributed by atoms with Gasteiger partial charge in [0.25, 0.3) is 5.91 Å². The molecule has 0 atom stereocenters. The van der Waals surface area contributed by atoms with Gasteiger partial charge in [0.05, 0.1) is 18.9 Å². The summed E-state index contributed by atoms with van der Waals surface area (Å²) >= 11 is 0. The topological polar surface area (TPSA) is 77.0 Å². The molecule has 4 aromatic rings.